The maximum absolute atomic E-state index is 5.66. The highest BCUT2D eigenvalue weighted by molar-refractivity contribution is 14.0. The van der Waals surface area contributed by atoms with Crippen LogP contribution in [0.25, 0.3) is 0 Å². The van der Waals surface area contributed by atoms with Crippen LogP contribution in [0.3, 0.4) is 0 Å². The highest BCUT2D eigenvalue weighted by atomic mass is 127. The maximum atomic E-state index is 5.66. The van der Waals surface area contributed by atoms with Crippen molar-refractivity contribution in [2.45, 2.75) is 58.0 Å². The summed E-state index contributed by atoms with van der Waals surface area (Å²) in [5.74, 6) is 1.96. The van der Waals surface area contributed by atoms with Crippen molar-refractivity contribution in [1.82, 2.24) is 10.6 Å². The summed E-state index contributed by atoms with van der Waals surface area (Å²) in [6, 6.07) is 0. The van der Waals surface area contributed by atoms with Crippen LogP contribution in [0.15, 0.2) is 4.99 Å². The van der Waals surface area contributed by atoms with Crippen LogP contribution in [-0.4, -0.2) is 51.5 Å². The van der Waals surface area contributed by atoms with Gasteiger partial charge in [-0.15, -0.1) is 24.0 Å². The van der Waals surface area contributed by atoms with Gasteiger partial charge in [-0.3, -0.25) is 4.99 Å². The van der Waals surface area contributed by atoms with Crippen molar-refractivity contribution in [3.63, 3.8) is 0 Å². The van der Waals surface area contributed by atoms with Gasteiger partial charge in [-0.25, -0.2) is 0 Å². The van der Waals surface area contributed by atoms with Crippen LogP contribution in [0.5, 0.6) is 0 Å². The molecule has 2 rings (SSSR count). The first-order valence-electron chi connectivity index (χ1n) is 9.10. The van der Waals surface area contributed by atoms with Gasteiger partial charge in [0.1, 0.15) is 0 Å². The zero-order chi connectivity index (χ0) is 15.5. The van der Waals surface area contributed by atoms with Crippen LogP contribution in [0.1, 0.15) is 51.9 Å². The Morgan fingerprint density at radius 1 is 1.22 bits per heavy atom. The number of hydrogen-bond donors (Lipinski definition) is 2. The van der Waals surface area contributed by atoms with Crippen LogP contribution in [0.4, 0.5) is 0 Å². The van der Waals surface area contributed by atoms with Crippen molar-refractivity contribution in [2.75, 3.05) is 39.5 Å². The molecule has 0 aromatic carbocycles. The largest absolute Gasteiger partial charge is 0.379 e. The van der Waals surface area contributed by atoms with Gasteiger partial charge < -0.3 is 20.1 Å². The summed E-state index contributed by atoms with van der Waals surface area (Å²) < 4.78 is 11.2. The van der Waals surface area contributed by atoms with E-state index >= 15 is 0 Å². The lowest BCUT2D eigenvalue weighted by atomic mass is 10.2. The number of guanidine groups is 1. The van der Waals surface area contributed by atoms with Gasteiger partial charge in [0.2, 0.25) is 0 Å². The van der Waals surface area contributed by atoms with Crippen molar-refractivity contribution in [3.8, 4) is 0 Å². The van der Waals surface area contributed by atoms with Gasteiger partial charge in [0, 0.05) is 32.8 Å². The number of nitrogens with one attached hydrogen (secondary N) is 2. The summed E-state index contributed by atoms with van der Waals surface area (Å²) in [6.07, 6.45) is 9.12. The number of aliphatic imine (C=N–C) groups is 1. The molecule has 2 N–H and O–H groups in total. The summed E-state index contributed by atoms with van der Waals surface area (Å²) in [5, 5.41) is 6.72. The first-order valence-corrected chi connectivity index (χ1v) is 9.10. The average molecular weight is 439 g/mol. The van der Waals surface area contributed by atoms with E-state index in [1.165, 1.54) is 32.1 Å². The lowest BCUT2D eigenvalue weighted by Crippen LogP contribution is -2.38. The van der Waals surface area contributed by atoms with Gasteiger partial charge in [-0.1, -0.05) is 12.8 Å². The Morgan fingerprint density at radius 3 is 2.78 bits per heavy atom. The fraction of sp³-hybridized carbons (Fsp3) is 0.941. The molecular weight excluding hydrogens is 405 g/mol. The topological polar surface area (TPSA) is 54.9 Å². The van der Waals surface area contributed by atoms with Gasteiger partial charge in [-0.05, 0) is 44.9 Å². The highest BCUT2D eigenvalue weighted by Gasteiger charge is 2.20. The van der Waals surface area contributed by atoms with E-state index in [1.54, 1.807) is 0 Å². The van der Waals surface area contributed by atoms with Crippen LogP contribution in [-0.2, 0) is 9.47 Å². The number of rotatable bonds is 11. The Labute approximate surface area is 158 Å². The summed E-state index contributed by atoms with van der Waals surface area (Å²) in [7, 11) is 0. The molecule has 0 radical (unpaired) electrons. The first-order chi connectivity index (χ1) is 10.9. The van der Waals surface area contributed by atoms with Crippen LogP contribution in [0.2, 0.25) is 0 Å². The zero-order valence-electron chi connectivity index (χ0n) is 14.5. The third kappa shape index (κ3) is 10.4. The first kappa shape index (κ1) is 21.0. The standard InChI is InChI=1S/C17H33N3O2.HI/c1-2-18-17(19-10-3-6-15-8-9-15)20-11-5-12-21-14-16-7-4-13-22-16;/h15-16H,2-14H2,1H3,(H2,18,19,20);1H. The van der Waals surface area contributed by atoms with Gasteiger partial charge in [-0.2, -0.15) is 0 Å². The summed E-state index contributed by atoms with van der Waals surface area (Å²) in [6.45, 7) is 7.25. The minimum Gasteiger partial charge on any atom is -0.379 e. The Morgan fingerprint density at radius 2 is 2.09 bits per heavy atom. The van der Waals surface area contributed by atoms with Crippen molar-refractivity contribution in [1.29, 1.82) is 0 Å². The minimum atomic E-state index is 0. The molecule has 1 atom stereocenters. The Hall–Kier alpha value is -0.0800. The normalized spacial score (nSPS) is 21.1. The third-order valence-corrected chi connectivity index (χ3v) is 4.17. The highest BCUT2D eigenvalue weighted by Crippen LogP contribution is 2.33. The molecule has 136 valence electrons. The molecule has 1 saturated carbocycles. The van der Waals surface area contributed by atoms with Gasteiger partial charge in [0.25, 0.3) is 0 Å². The summed E-state index contributed by atoms with van der Waals surface area (Å²) in [4.78, 5) is 4.60. The molecule has 1 unspecified atom stereocenters. The molecule has 1 heterocycles. The van der Waals surface area contributed by atoms with E-state index in [-0.39, 0.29) is 24.0 Å². The zero-order valence-corrected chi connectivity index (χ0v) is 16.8. The van der Waals surface area contributed by atoms with E-state index in [0.29, 0.717) is 6.10 Å². The molecule has 0 amide bonds. The molecule has 5 nitrogen and oxygen atoms in total. The molecule has 0 bridgehead atoms. The number of hydrogen-bond acceptors (Lipinski definition) is 3. The van der Waals surface area contributed by atoms with Gasteiger partial charge in [0.05, 0.1) is 12.7 Å². The monoisotopic (exact) mass is 439 g/mol. The number of ether oxygens (including phenoxy) is 2. The number of halogens is 1. The number of nitrogens with zero attached hydrogens (tertiary/aromatic N) is 1. The molecule has 1 aliphatic carbocycles. The van der Waals surface area contributed by atoms with E-state index in [0.717, 1.165) is 64.2 Å². The van der Waals surface area contributed by atoms with Gasteiger partial charge >= 0.3 is 0 Å². The van der Waals surface area contributed by atoms with E-state index in [2.05, 4.69) is 22.5 Å². The summed E-state index contributed by atoms with van der Waals surface area (Å²) in [5.41, 5.74) is 0. The molecule has 2 fully saturated rings. The Kier molecular flexibility index (Phi) is 12.1. The van der Waals surface area contributed by atoms with Crippen molar-refractivity contribution in [3.05, 3.63) is 0 Å². The molecule has 6 heteroatoms. The fourth-order valence-electron chi connectivity index (χ4n) is 2.69. The quantitative estimate of drug-likeness (QED) is 0.225. The predicted octanol–water partition coefficient (Wildman–Crippen LogP) is 2.94. The lowest BCUT2D eigenvalue weighted by Gasteiger charge is -2.11. The second-order valence-electron chi connectivity index (χ2n) is 6.34. The van der Waals surface area contributed by atoms with E-state index in [4.69, 9.17) is 9.47 Å². The molecule has 0 aromatic rings. The molecule has 1 aliphatic heterocycles. The second-order valence-corrected chi connectivity index (χ2v) is 6.34. The van der Waals surface area contributed by atoms with E-state index in [1.807, 2.05) is 0 Å². The molecule has 0 aromatic heterocycles. The average Bonchev–Trinajstić information content (AvgIpc) is 3.20. The summed E-state index contributed by atoms with van der Waals surface area (Å²) >= 11 is 0. The SMILES string of the molecule is CCNC(=NCCCOCC1CCCO1)NCCCC1CC1.I. The molecule has 0 spiro atoms. The molecule has 23 heavy (non-hydrogen) atoms. The van der Waals surface area contributed by atoms with Crippen LogP contribution in [0, 0.1) is 5.92 Å². The fourth-order valence-corrected chi connectivity index (χ4v) is 2.69. The van der Waals surface area contributed by atoms with Crippen LogP contribution < -0.4 is 10.6 Å². The predicted molar refractivity (Wildman–Crippen MR) is 106 cm³/mol. The maximum Gasteiger partial charge on any atom is 0.191 e. The van der Waals surface area contributed by atoms with E-state index in [9.17, 15) is 0 Å². The van der Waals surface area contributed by atoms with Crippen molar-refractivity contribution >= 4 is 29.9 Å². The smallest absolute Gasteiger partial charge is 0.191 e. The molecular formula is C17H34IN3O2. The minimum absolute atomic E-state index is 0. The molecule has 2 aliphatic rings. The Bertz CT molecular complexity index is 319. The Balaban J connectivity index is 0.00000264. The van der Waals surface area contributed by atoms with E-state index < -0.39 is 0 Å². The lowest BCUT2D eigenvalue weighted by molar-refractivity contribution is 0.0171. The van der Waals surface area contributed by atoms with Gasteiger partial charge in [0.15, 0.2) is 5.96 Å². The third-order valence-electron chi connectivity index (χ3n) is 4.17. The van der Waals surface area contributed by atoms with Crippen molar-refractivity contribution < 1.29 is 9.47 Å². The van der Waals surface area contributed by atoms with Crippen molar-refractivity contribution in [2.24, 2.45) is 10.9 Å². The molecule has 1 saturated heterocycles. The van der Waals surface area contributed by atoms with Crippen LogP contribution >= 0.6 is 24.0 Å². The second kappa shape index (κ2) is 13.2.